The summed E-state index contributed by atoms with van der Waals surface area (Å²) in [5.41, 5.74) is 6.29. The molecule has 2 aliphatic heterocycles. The van der Waals surface area contributed by atoms with Crippen LogP contribution in [0.4, 0.5) is 8.78 Å². The molecule has 2 N–H and O–H groups in total. The minimum absolute atomic E-state index is 0.0299. The summed E-state index contributed by atoms with van der Waals surface area (Å²) in [4.78, 5) is 8.11. The fraction of sp³-hybridized carbons (Fsp3) is 0.100. The van der Waals surface area contributed by atoms with Gasteiger partial charge in [0.25, 0.3) is 6.02 Å². The maximum atomic E-state index is 14.8. The van der Waals surface area contributed by atoms with Crippen LogP contribution in [0.1, 0.15) is 11.1 Å². The van der Waals surface area contributed by atoms with Crippen molar-refractivity contribution in [2.75, 3.05) is 6.61 Å². The molecular formula is C20H13F2N3O2. The van der Waals surface area contributed by atoms with Gasteiger partial charge in [0.15, 0.2) is 5.54 Å². The Balaban J connectivity index is 1.78. The van der Waals surface area contributed by atoms with E-state index in [9.17, 15) is 8.78 Å². The lowest BCUT2D eigenvalue weighted by Gasteiger charge is -2.33. The highest BCUT2D eigenvalue weighted by Crippen LogP contribution is 2.52. The molecule has 1 spiro atoms. The minimum Gasteiger partial charge on any atom is -0.462 e. The number of hydrogen-bond acceptors (Lipinski definition) is 5. The van der Waals surface area contributed by atoms with Crippen LogP contribution in [0.2, 0.25) is 0 Å². The van der Waals surface area contributed by atoms with Crippen LogP contribution in [0.25, 0.3) is 11.1 Å². The van der Waals surface area contributed by atoms with Crippen LogP contribution in [-0.4, -0.2) is 17.6 Å². The van der Waals surface area contributed by atoms with Crippen LogP contribution in [0, 0.1) is 11.8 Å². The van der Waals surface area contributed by atoms with E-state index in [1.165, 1.54) is 12.3 Å². The normalized spacial score (nSPS) is 19.7. The second-order valence-electron chi connectivity index (χ2n) is 6.37. The van der Waals surface area contributed by atoms with Crippen molar-refractivity contribution in [3.63, 3.8) is 0 Å². The van der Waals surface area contributed by atoms with Crippen molar-refractivity contribution in [3.05, 3.63) is 77.6 Å². The molecule has 5 nitrogen and oxygen atoms in total. The molecule has 3 heterocycles. The smallest absolute Gasteiger partial charge is 0.283 e. The first-order valence-corrected chi connectivity index (χ1v) is 8.29. The molecule has 0 amide bonds. The van der Waals surface area contributed by atoms with Gasteiger partial charge in [0.1, 0.15) is 23.9 Å². The first-order chi connectivity index (χ1) is 13.1. The third-order valence-electron chi connectivity index (χ3n) is 4.83. The summed E-state index contributed by atoms with van der Waals surface area (Å²) in [5, 5.41) is 0. The number of amidine groups is 1. The summed E-state index contributed by atoms with van der Waals surface area (Å²) in [7, 11) is 0. The maximum absolute atomic E-state index is 14.8. The van der Waals surface area contributed by atoms with Gasteiger partial charge in [-0.1, -0.05) is 12.1 Å². The second-order valence-corrected chi connectivity index (χ2v) is 6.37. The molecule has 0 radical (unpaired) electrons. The Labute approximate surface area is 153 Å². The Morgan fingerprint density at radius 1 is 1.04 bits per heavy atom. The number of aliphatic imine (C=N–C) groups is 1. The number of ether oxygens (including phenoxy) is 2. The summed E-state index contributed by atoms with van der Waals surface area (Å²) in [6, 6.07) is 13.0. The lowest BCUT2D eigenvalue weighted by atomic mass is 9.80. The van der Waals surface area contributed by atoms with Crippen LogP contribution in [0.3, 0.4) is 0 Å². The zero-order chi connectivity index (χ0) is 18.6. The summed E-state index contributed by atoms with van der Waals surface area (Å²) in [5.74, 6) is -0.230. The van der Waals surface area contributed by atoms with Crippen molar-refractivity contribution in [2.24, 2.45) is 10.7 Å². The van der Waals surface area contributed by atoms with Crippen molar-refractivity contribution >= 4 is 6.02 Å². The number of rotatable bonds is 1. The van der Waals surface area contributed by atoms with Crippen molar-refractivity contribution in [3.8, 4) is 22.6 Å². The molecule has 0 saturated heterocycles. The van der Waals surface area contributed by atoms with Crippen LogP contribution < -0.4 is 10.5 Å². The van der Waals surface area contributed by atoms with E-state index >= 15 is 0 Å². The van der Waals surface area contributed by atoms with E-state index in [4.69, 9.17) is 15.2 Å². The number of halogens is 2. The lowest BCUT2D eigenvalue weighted by molar-refractivity contribution is 0.259. The first-order valence-electron chi connectivity index (χ1n) is 8.29. The van der Waals surface area contributed by atoms with Gasteiger partial charge in [-0.15, -0.1) is 0 Å². The predicted molar refractivity (Wildman–Crippen MR) is 94.5 cm³/mol. The van der Waals surface area contributed by atoms with Gasteiger partial charge in [-0.3, -0.25) is 0 Å². The van der Waals surface area contributed by atoms with Gasteiger partial charge < -0.3 is 15.2 Å². The Morgan fingerprint density at radius 2 is 1.93 bits per heavy atom. The van der Waals surface area contributed by atoms with Gasteiger partial charge in [-0.05, 0) is 42.0 Å². The minimum atomic E-state index is -1.19. The molecule has 1 unspecified atom stereocenters. The van der Waals surface area contributed by atoms with Crippen LogP contribution in [-0.2, 0) is 10.3 Å². The predicted octanol–water partition coefficient (Wildman–Crippen LogP) is 3.72. The molecule has 3 aromatic rings. The summed E-state index contributed by atoms with van der Waals surface area (Å²) in [6.07, 6.45) is 1.38. The molecular weight excluding hydrogens is 352 g/mol. The number of hydrogen-bond donors (Lipinski definition) is 1. The van der Waals surface area contributed by atoms with E-state index in [-0.39, 0.29) is 18.2 Å². The number of benzene rings is 2. The average molecular weight is 365 g/mol. The molecule has 2 aliphatic rings. The number of pyridine rings is 1. The Morgan fingerprint density at radius 3 is 2.70 bits per heavy atom. The highest BCUT2D eigenvalue weighted by Gasteiger charge is 2.48. The van der Waals surface area contributed by atoms with Crippen molar-refractivity contribution in [1.29, 1.82) is 0 Å². The number of aromatic nitrogens is 1. The topological polar surface area (TPSA) is 69.7 Å². The molecule has 0 aliphatic carbocycles. The molecule has 0 saturated carbocycles. The fourth-order valence-corrected chi connectivity index (χ4v) is 3.65. The number of nitrogens with two attached hydrogens (primary N) is 1. The molecule has 2 aromatic carbocycles. The second kappa shape index (κ2) is 5.51. The van der Waals surface area contributed by atoms with Crippen molar-refractivity contribution in [1.82, 2.24) is 4.98 Å². The highest BCUT2D eigenvalue weighted by atomic mass is 19.1. The molecule has 5 rings (SSSR count). The van der Waals surface area contributed by atoms with Gasteiger partial charge in [-0.2, -0.15) is 4.39 Å². The largest absolute Gasteiger partial charge is 0.462 e. The third kappa shape index (κ3) is 2.21. The van der Waals surface area contributed by atoms with Crippen molar-refractivity contribution in [2.45, 2.75) is 5.54 Å². The number of fused-ring (bicyclic) bond motifs is 4. The Kier molecular flexibility index (Phi) is 3.21. The standard InChI is InChI=1S/C20H13F2N3O2/c21-14-4-1-5-16-17(14)20(10-26-19(23)25-20)13-9-11(6-7-15(13)27-16)12-3-2-8-24-18(12)22/h1-9H,10H2,(H2,23,25). The monoisotopic (exact) mass is 365 g/mol. The molecule has 0 fully saturated rings. The molecule has 1 atom stereocenters. The van der Waals surface area contributed by atoms with Crippen molar-refractivity contribution < 1.29 is 18.3 Å². The quantitative estimate of drug-likeness (QED) is 0.668. The van der Waals surface area contributed by atoms with Gasteiger partial charge in [0.05, 0.1) is 5.56 Å². The molecule has 27 heavy (non-hydrogen) atoms. The van der Waals surface area contributed by atoms with E-state index in [1.54, 1.807) is 42.5 Å². The highest BCUT2D eigenvalue weighted by molar-refractivity contribution is 5.78. The summed E-state index contributed by atoms with van der Waals surface area (Å²) < 4.78 is 40.2. The number of nitrogens with zero attached hydrogens (tertiary/aromatic N) is 2. The molecule has 1 aromatic heterocycles. The van der Waals surface area contributed by atoms with Gasteiger partial charge in [0, 0.05) is 17.3 Å². The van der Waals surface area contributed by atoms with Crippen LogP contribution >= 0.6 is 0 Å². The van der Waals surface area contributed by atoms with Gasteiger partial charge in [-0.25, -0.2) is 14.4 Å². The SMILES string of the molecule is NC1=NC2(CO1)c1cc(-c3cccnc3F)ccc1Oc1cccc(F)c12. The Bertz CT molecular complexity index is 1120. The summed E-state index contributed by atoms with van der Waals surface area (Å²) in [6.45, 7) is 0.0299. The third-order valence-corrected chi connectivity index (χ3v) is 4.83. The average Bonchev–Trinajstić information content (AvgIpc) is 3.04. The Hall–Kier alpha value is -3.48. The molecule has 134 valence electrons. The maximum Gasteiger partial charge on any atom is 0.283 e. The van der Waals surface area contributed by atoms with Gasteiger partial charge in [0.2, 0.25) is 5.95 Å². The zero-order valence-electron chi connectivity index (χ0n) is 13.9. The van der Waals surface area contributed by atoms with E-state index in [1.807, 2.05) is 0 Å². The molecule has 0 bridgehead atoms. The summed E-state index contributed by atoms with van der Waals surface area (Å²) >= 11 is 0. The fourth-order valence-electron chi connectivity index (χ4n) is 3.65. The van der Waals surface area contributed by atoms with E-state index in [0.717, 1.165) is 0 Å². The lowest BCUT2D eigenvalue weighted by Crippen LogP contribution is -2.32. The first kappa shape index (κ1) is 15.7. The van der Waals surface area contributed by atoms with E-state index in [2.05, 4.69) is 9.98 Å². The zero-order valence-corrected chi connectivity index (χ0v) is 13.9. The van der Waals surface area contributed by atoms with E-state index in [0.29, 0.717) is 28.2 Å². The van der Waals surface area contributed by atoms with Crippen LogP contribution in [0.15, 0.2) is 59.7 Å². The van der Waals surface area contributed by atoms with E-state index < -0.39 is 17.3 Å². The van der Waals surface area contributed by atoms with Gasteiger partial charge >= 0.3 is 0 Å². The molecule has 7 heteroatoms. The van der Waals surface area contributed by atoms with Crippen LogP contribution in [0.5, 0.6) is 11.5 Å².